The molecule has 0 radical (unpaired) electrons. The van der Waals surface area contributed by atoms with E-state index in [0.717, 1.165) is 62.7 Å². The average molecular weight is 482 g/mol. The predicted octanol–water partition coefficient (Wildman–Crippen LogP) is 3.27. The Labute approximate surface area is 206 Å². The van der Waals surface area contributed by atoms with Gasteiger partial charge in [-0.15, -0.1) is 11.3 Å². The monoisotopic (exact) mass is 481 g/mol. The number of benzene rings is 1. The third-order valence-corrected chi connectivity index (χ3v) is 7.64. The van der Waals surface area contributed by atoms with E-state index in [1.54, 1.807) is 0 Å². The molecule has 2 amide bonds. The van der Waals surface area contributed by atoms with Gasteiger partial charge in [-0.1, -0.05) is 42.5 Å². The van der Waals surface area contributed by atoms with Crippen LogP contribution < -0.4 is 5.32 Å². The molecule has 2 aliphatic rings. The van der Waals surface area contributed by atoms with Crippen LogP contribution in [0.2, 0.25) is 0 Å². The number of aryl methyl sites for hydroxylation is 2. The minimum absolute atomic E-state index is 0.0181. The number of carbonyl (C=O) groups excluding carboxylic acids is 2. The van der Waals surface area contributed by atoms with Gasteiger partial charge >= 0.3 is 0 Å². The van der Waals surface area contributed by atoms with E-state index in [-0.39, 0.29) is 17.7 Å². The Morgan fingerprint density at radius 1 is 1.09 bits per heavy atom. The number of piperazine rings is 1. The Morgan fingerprint density at radius 3 is 2.56 bits per heavy atom. The Balaban J connectivity index is 1.20. The van der Waals surface area contributed by atoms with Crippen LogP contribution in [0.25, 0.3) is 6.08 Å². The van der Waals surface area contributed by atoms with Gasteiger partial charge in [-0.2, -0.15) is 0 Å². The van der Waals surface area contributed by atoms with Crippen LogP contribution in [0.5, 0.6) is 0 Å². The summed E-state index contributed by atoms with van der Waals surface area (Å²) >= 11 is 1.50. The molecule has 1 N–H and O–H groups in total. The van der Waals surface area contributed by atoms with Crippen molar-refractivity contribution in [3.05, 3.63) is 52.5 Å². The van der Waals surface area contributed by atoms with Crippen LogP contribution in [-0.2, 0) is 9.59 Å². The zero-order valence-corrected chi connectivity index (χ0v) is 21.0. The molecule has 2 fully saturated rings. The van der Waals surface area contributed by atoms with Crippen molar-refractivity contribution in [3.63, 3.8) is 0 Å². The van der Waals surface area contributed by atoms with Gasteiger partial charge in [0, 0.05) is 44.1 Å². The minimum atomic E-state index is -0.0565. The van der Waals surface area contributed by atoms with Crippen LogP contribution in [0.1, 0.15) is 29.0 Å². The number of amides is 2. The summed E-state index contributed by atoms with van der Waals surface area (Å²) in [5.74, 6) is 0.171. The van der Waals surface area contributed by atoms with Crippen LogP contribution in [0.3, 0.4) is 0 Å². The molecular formula is C26H35N5O2S. The number of nitrogens with zero attached hydrogens (tertiary/aromatic N) is 4. The summed E-state index contributed by atoms with van der Waals surface area (Å²) in [6, 6.07) is 10.3. The average Bonchev–Trinajstić information content (AvgIpc) is 3.16. The fourth-order valence-electron chi connectivity index (χ4n) is 4.60. The van der Waals surface area contributed by atoms with E-state index in [1.807, 2.05) is 36.9 Å². The summed E-state index contributed by atoms with van der Waals surface area (Å²) in [7, 11) is 0. The molecule has 0 saturated carbocycles. The SMILES string of the molecule is Cc1nc(NC(=O)CN2CCCC(C(=O)N3CCN(C/C=C/c4ccccc4)CC3)C2)sc1C. The highest BCUT2D eigenvalue weighted by atomic mass is 32.1. The van der Waals surface area contributed by atoms with Gasteiger partial charge in [0.2, 0.25) is 11.8 Å². The maximum absolute atomic E-state index is 13.2. The summed E-state index contributed by atoms with van der Waals surface area (Å²) in [5, 5.41) is 3.56. The number of likely N-dealkylation sites (tertiary alicyclic amines) is 1. The van der Waals surface area contributed by atoms with Crippen molar-refractivity contribution >= 4 is 34.4 Å². The molecule has 1 aromatic heterocycles. The summed E-state index contributed by atoms with van der Waals surface area (Å²) in [6.45, 7) is 10.0. The third-order valence-electron chi connectivity index (χ3n) is 6.65. The van der Waals surface area contributed by atoms with E-state index in [1.165, 1.54) is 16.9 Å². The number of anilines is 1. The first kappa shape index (κ1) is 24.6. The van der Waals surface area contributed by atoms with Crippen LogP contribution in [-0.4, -0.2) is 83.9 Å². The van der Waals surface area contributed by atoms with Crippen molar-refractivity contribution in [2.24, 2.45) is 5.92 Å². The predicted molar refractivity (Wildman–Crippen MR) is 138 cm³/mol. The molecule has 0 spiro atoms. The Morgan fingerprint density at radius 2 is 1.85 bits per heavy atom. The molecule has 2 saturated heterocycles. The standard InChI is InChI=1S/C26H35N5O2S/c1-20-21(2)34-26(27-20)28-24(32)19-30-13-7-11-23(18-30)25(33)31-16-14-29(15-17-31)12-6-10-22-8-4-3-5-9-22/h3-6,8-10,23H,7,11-19H2,1-2H3,(H,27,28,32)/b10-6+. The molecule has 182 valence electrons. The van der Waals surface area contributed by atoms with Gasteiger partial charge in [0.15, 0.2) is 5.13 Å². The van der Waals surface area contributed by atoms with Crippen LogP contribution in [0, 0.1) is 19.8 Å². The zero-order valence-electron chi connectivity index (χ0n) is 20.2. The maximum atomic E-state index is 13.2. The number of carbonyl (C=O) groups is 2. The molecule has 2 aromatic rings. The Hall–Kier alpha value is -2.55. The maximum Gasteiger partial charge on any atom is 0.240 e. The van der Waals surface area contributed by atoms with Gasteiger partial charge < -0.3 is 10.2 Å². The molecule has 8 heteroatoms. The van der Waals surface area contributed by atoms with Gasteiger partial charge in [0.25, 0.3) is 0 Å². The molecule has 1 aromatic carbocycles. The number of piperidine rings is 1. The first-order valence-corrected chi connectivity index (χ1v) is 13.0. The molecule has 0 bridgehead atoms. The lowest BCUT2D eigenvalue weighted by atomic mass is 9.96. The molecule has 3 heterocycles. The molecule has 1 atom stereocenters. The lowest BCUT2D eigenvalue weighted by Gasteiger charge is -2.38. The molecule has 0 aliphatic carbocycles. The highest BCUT2D eigenvalue weighted by Crippen LogP contribution is 2.22. The van der Waals surface area contributed by atoms with Crippen molar-refractivity contribution in [1.82, 2.24) is 19.7 Å². The number of hydrogen-bond donors (Lipinski definition) is 1. The molecule has 1 unspecified atom stereocenters. The van der Waals surface area contributed by atoms with E-state index in [4.69, 9.17) is 0 Å². The molecule has 2 aliphatic heterocycles. The smallest absolute Gasteiger partial charge is 0.240 e. The van der Waals surface area contributed by atoms with Crippen molar-refractivity contribution in [3.8, 4) is 0 Å². The van der Waals surface area contributed by atoms with Crippen LogP contribution in [0.15, 0.2) is 36.4 Å². The van der Waals surface area contributed by atoms with Crippen molar-refractivity contribution in [1.29, 1.82) is 0 Å². The van der Waals surface area contributed by atoms with E-state index in [2.05, 4.69) is 44.4 Å². The van der Waals surface area contributed by atoms with Crippen molar-refractivity contribution in [2.45, 2.75) is 26.7 Å². The minimum Gasteiger partial charge on any atom is -0.340 e. The molecule has 7 nitrogen and oxygen atoms in total. The first-order valence-electron chi connectivity index (χ1n) is 12.2. The second kappa shape index (κ2) is 11.7. The van der Waals surface area contributed by atoms with Crippen LogP contribution in [0.4, 0.5) is 5.13 Å². The number of nitrogens with one attached hydrogen (secondary N) is 1. The van der Waals surface area contributed by atoms with E-state index < -0.39 is 0 Å². The Bertz CT molecular complexity index is 978. The van der Waals surface area contributed by atoms with E-state index in [9.17, 15) is 9.59 Å². The van der Waals surface area contributed by atoms with Crippen molar-refractivity contribution in [2.75, 3.05) is 57.7 Å². The summed E-state index contributed by atoms with van der Waals surface area (Å²) in [6.07, 6.45) is 6.21. The number of thiazole rings is 1. The third kappa shape index (κ3) is 6.74. The van der Waals surface area contributed by atoms with Gasteiger partial charge in [-0.05, 0) is 38.8 Å². The summed E-state index contributed by atoms with van der Waals surface area (Å²) in [4.78, 5) is 37.7. The second-order valence-corrected chi connectivity index (χ2v) is 10.4. The largest absolute Gasteiger partial charge is 0.340 e. The lowest BCUT2D eigenvalue weighted by Crippen LogP contribution is -2.52. The first-order chi connectivity index (χ1) is 16.5. The van der Waals surface area contributed by atoms with Crippen molar-refractivity contribution < 1.29 is 9.59 Å². The van der Waals surface area contributed by atoms with Crippen LogP contribution >= 0.6 is 11.3 Å². The van der Waals surface area contributed by atoms with Gasteiger partial charge in [-0.25, -0.2) is 4.98 Å². The summed E-state index contributed by atoms with van der Waals surface area (Å²) in [5.41, 5.74) is 2.17. The highest BCUT2D eigenvalue weighted by Gasteiger charge is 2.31. The molecule has 4 rings (SSSR count). The lowest BCUT2D eigenvalue weighted by molar-refractivity contribution is -0.139. The zero-order chi connectivity index (χ0) is 23.9. The number of aromatic nitrogens is 1. The summed E-state index contributed by atoms with van der Waals surface area (Å²) < 4.78 is 0. The Kier molecular flexibility index (Phi) is 8.48. The fourth-order valence-corrected chi connectivity index (χ4v) is 5.43. The highest BCUT2D eigenvalue weighted by molar-refractivity contribution is 7.15. The van der Waals surface area contributed by atoms with E-state index >= 15 is 0 Å². The number of hydrogen-bond acceptors (Lipinski definition) is 6. The molecule has 34 heavy (non-hydrogen) atoms. The van der Waals surface area contributed by atoms with Gasteiger partial charge in [-0.3, -0.25) is 19.4 Å². The normalized spacial score (nSPS) is 20.1. The number of rotatable bonds is 7. The molecular weight excluding hydrogens is 446 g/mol. The second-order valence-electron chi connectivity index (χ2n) is 9.22. The van der Waals surface area contributed by atoms with E-state index in [0.29, 0.717) is 18.2 Å². The quantitative estimate of drug-likeness (QED) is 0.657. The van der Waals surface area contributed by atoms with Gasteiger partial charge in [0.05, 0.1) is 18.2 Å². The fraction of sp³-hybridized carbons (Fsp3) is 0.500. The van der Waals surface area contributed by atoms with Gasteiger partial charge in [0.1, 0.15) is 0 Å². The topological polar surface area (TPSA) is 68.8 Å².